The number of benzene rings is 2. The highest BCUT2D eigenvalue weighted by molar-refractivity contribution is 6.39. The highest BCUT2D eigenvalue weighted by atomic mass is 19.1. The Hall–Kier alpha value is -2.69. The van der Waals surface area contributed by atoms with Gasteiger partial charge < -0.3 is 10.6 Å². The molecule has 2 aromatic carbocycles. The summed E-state index contributed by atoms with van der Waals surface area (Å²) in [4.78, 5) is 24.0. The summed E-state index contributed by atoms with van der Waals surface area (Å²) in [6, 6.07) is 13.5. The second kappa shape index (κ2) is 7.92. The van der Waals surface area contributed by atoms with E-state index in [9.17, 15) is 14.0 Å². The molecule has 4 nitrogen and oxygen atoms in total. The van der Waals surface area contributed by atoms with E-state index in [2.05, 4.69) is 10.6 Å². The Morgan fingerprint density at radius 1 is 0.960 bits per heavy atom. The summed E-state index contributed by atoms with van der Waals surface area (Å²) in [5.74, 6) is -1.72. The molecule has 2 amide bonds. The molecule has 0 unspecified atom stereocenters. The van der Waals surface area contributed by atoms with Crippen LogP contribution in [0.15, 0.2) is 48.5 Å². The lowest BCUT2D eigenvalue weighted by Gasteiger charge is -2.25. The minimum atomic E-state index is -0.709. The third kappa shape index (κ3) is 5.14. The summed E-state index contributed by atoms with van der Waals surface area (Å²) >= 11 is 0. The Kier molecular flexibility index (Phi) is 5.91. The number of hydrogen-bond donors (Lipinski definition) is 2. The fourth-order valence-electron chi connectivity index (χ4n) is 2.40. The van der Waals surface area contributed by atoms with Crippen molar-refractivity contribution in [1.29, 1.82) is 0 Å². The lowest BCUT2D eigenvalue weighted by atomic mass is 9.84. The molecule has 2 aromatic rings. The minimum Gasteiger partial charge on any atom is -0.347 e. The first-order valence-corrected chi connectivity index (χ1v) is 8.26. The van der Waals surface area contributed by atoms with Crippen LogP contribution in [0.25, 0.3) is 0 Å². The number of halogens is 1. The van der Waals surface area contributed by atoms with Crippen LogP contribution < -0.4 is 10.6 Å². The molecule has 0 aliphatic carbocycles. The smallest absolute Gasteiger partial charge is 0.313 e. The van der Waals surface area contributed by atoms with Crippen LogP contribution in [0.4, 0.5) is 10.1 Å². The van der Waals surface area contributed by atoms with E-state index in [1.54, 1.807) is 24.3 Å². The first-order valence-electron chi connectivity index (χ1n) is 8.26. The average Bonchev–Trinajstić information content (AvgIpc) is 2.60. The number of aryl methyl sites for hydroxylation is 1. The van der Waals surface area contributed by atoms with Gasteiger partial charge in [-0.05, 0) is 41.8 Å². The molecule has 25 heavy (non-hydrogen) atoms. The molecule has 0 aromatic heterocycles. The number of carbonyl (C=O) groups excluding carboxylic acids is 2. The third-order valence-electron chi connectivity index (χ3n) is 4.14. The lowest BCUT2D eigenvalue weighted by molar-refractivity contribution is -0.136. The Morgan fingerprint density at radius 2 is 1.56 bits per heavy atom. The van der Waals surface area contributed by atoms with Crippen molar-refractivity contribution in [3.63, 3.8) is 0 Å². The Balaban J connectivity index is 1.91. The number of carbonyl (C=O) groups is 2. The minimum absolute atomic E-state index is 0.264. The number of anilines is 1. The maximum atomic E-state index is 13.0. The third-order valence-corrected chi connectivity index (χ3v) is 4.14. The standard InChI is InChI=1S/C20H23FN2O2/c1-4-14-5-11-17(12-6-14)23-19(25)18(24)22-13-20(2,3)15-7-9-16(21)10-8-15/h5-12H,4,13H2,1-3H3,(H,22,24)(H,23,25). The van der Waals surface area contributed by atoms with E-state index in [-0.39, 0.29) is 12.4 Å². The van der Waals surface area contributed by atoms with Crippen LogP contribution >= 0.6 is 0 Å². The number of hydrogen-bond acceptors (Lipinski definition) is 2. The summed E-state index contributed by atoms with van der Waals surface area (Å²) in [6.45, 7) is 6.15. The van der Waals surface area contributed by atoms with Crippen molar-refractivity contribution in [1.82, 2.24) is 5.32 Å². The highest BCUT2D eigenvalue weighted by Crippen LogP contribution is 2.22. The Morgan fingerprint density at radius 3 is 2.12 bits per heavy atom. The van der Waals surface area contributed by atoms with Crippen LogP contribution in [0.1, 0.15) is 31.9 Å². The molecular weight excluding hydrogens is 319 g/mol. The van der Waals surface area contributed by atoms with Crippen molar-refractivity contribution in [3.8, 4) is 0 Å². The van der Waals surface area contributed by atoms with Crippen LogP contribution in [0, 0.1) is 5.82 Å². The molecule has 0 radical (unpaired) electrons. The number of rotatable bonds is 5. The maximum absolute atomic E-state index is 13.0. The molecule has 0 atom stereocenters. The van der Waals surface area contributed by atoms with Crippen molar-refractivity contribution >= 4 is 17.5 Å². The van der Waals surface area contributed by atoms with Crippen molar-refractivity contribution in [3.05, 3.63) is 65.5 Å². The molecule has 0 saturated heterocycles. The van der Waals surface area contributed by atoms with Crippen LogP contribution in [-0.4, -0.2) is 18.4 Å². The lowest BCUT2D eigenvalue weighted by Crippen LogP contribution is -2.42. The monoisotopic (exact) mass is 342 g/mol. The van der Waals surface area contributed by atoms with Gasteiger partial charge in [0, 0.05) is 17.6 Å². The van der Waals surface area contributed by atoms with Gasteiger partial charge in [0.15, 0.2) is 0 Å². The number of amides is 2. The second-order valence-corrected chi connectivity index (χ2v) is 6.58. The largest absolute Gasteiger partial charge is 0.347 e. The predicted molar refractivity (Wildman–Crippen MR) is 96.9 cm³/mol. The molecule has 0 heterocycles. The van der Waals surface area contributed by atoms with Gasteiger partial charge in [0.25, 0.3) is 0 Å². The van der Waals surface area contributed by atoms with Gasteiger partial charge in [-0.2, -0.15) is 0 Å². The van der Waals surface area contributed by atoms with Gasteiger partial charge in [0.1, 0.15) is 5.82 Å². The molecule has 5 heteroatoms. The van der Waals surface area contributed by atoms with Gasteiger partial charge in [-0.3, -0.25) is 9.59 Å². The van der Waals surface area contributed by atoms with Gasteiger partial charge in [-0.25, -0.2) is 4.39 Å². The van der Waals surface area contributed by atoms with E-state index >= 15 is 0 Å². The Labute approximate surface area is 147 Å². The maximum Gasteiger partial charge on any atom is 0.313 e. The van der Waals surface area contributed by atoms with Gasteiger partial charge in [0.05, 0.1) is 0 Å². The molecule has 0 fully saturated rings. The van der Waals surface area contributed by atoms with Gasteiger partial charge in [-0.1, -0.05) is 45.0 Å². The summed E-state index contributed by atoms with van der Waals surface area (Å²) in [6.07, 6.45) is 0.910. The van der Waals surface area contributed by atoms with E-state index in [1.165, 1.54) is 12.1 Å². The molecule has 2 N–H and O–H groups in total. The molecular formula is C20H23FN2O2. The molecule has 0 saturated carbocycles. The molecule has 2 rings (SSSR count). The van der Waals surface area contributed by atoms with E-state index < -0.39 is 17.2 Å². The van der Waals surface area contributed by atoms with Gasteiger partial charge in [0.2, 0.25) is 0 Å². The summed E-state index contributed by atoms with van der Waals surface area (Å²) in [5.41, 5.74) is 2.19. The van der Waals surface area contributed by atoms with Crippen molar-refractivity contribution in [2.45, 2.75) is 32.6 Å². The molecule has 0 bridgehead atoms. The highest BCUT2D eigenvalue weighted by Gasteiger charge is 2.23. The summed E-state index contributed by atoms with van der Waals surface area (Å²) in [5, 5.41) is 5.21. The van der Waals surface area contributed by atoms with E-state index in [1.807, 2.05) is 32.9 Å². The van der Waals surface area contributed by atoms with Crippen LogP contribution in [0.3, 0.4) is 0 Å². The van der Waals surface area contributed by atoms with Crippen molar-refractivity contribution in [2.24, 2.45) is 0 Å². The molecule has 0 spiro atoms. The van der Waals surface area contributed by atoms with Crippen molar-refractivity contribution in [2.75, 3.05) is 11.9 Å². The Bertz CT molecular complexity index is 737. The fraction of sp³-hybridized carbons (Fsp3) is 0.300. The first-order chi connectivity index (χ1) is 11.8. The quantitative estimate of drug-likeness (QED) is 0.818. The van der Waals surface area contributed by atoms with Crippen LogP contribution in [-0.2, 0) is 21.4 Å². The molecule has 0 aliphatic heterocycles. The molecule has 132 valence electrons. The first kappa shape index (κ1) is 18.6. The normalized spacial score (nSPS) is 11.0. The predicted octanol–water partition coefficient (Wildman–Crippen LogP) is 3.42. The van der Waals surface area contributed by atoms with E-state index in [4.69, 9.17) is 0 Å². The topological polar surface area (TPSA) is 58.2 Å². The zero-order valence-electron chi connectivity index (χ0n) is 14.7. The van der Waals surface area contributed by atoms with Crippen LogP contribution in [0.2, 0.25) is 0 Å². The zero-order chi connectivity index (χ0) is 18.4. The van der Waals surface area contributed by atoms with E-state index in [0.717, 1.165) is 17.5 Å². The van der Waals surface area contributed by atoms with Gasteiger partial charge in [-0.15, -0.1) is 0 Å². The SMILES string of the molecule is CCc1ccc(NC(=O)C(=O)NCC(C)(C)c2ccc(F)cc2)cc1. The van der Waals surface area contributed by atoms with Gasteiger partial charge >= 0.3 is 11.8 Å². The summed E-state index contributed by atoms with van der Waals surface area (Å²) in [7, 11) is 0. The molecule has 0 aliphatic rings. The van der Waals surface area contributed by atoms with Crippen molar-refractivity contribution < 1.29 is 14.0 Å². The fourth-order valence-corrected chi connectivity index (χ4v) is 2.40. The average molecular weight is 342 g/mol. The second-order valence-electron chi connectivity index (χ2n) is 6.58. The van der Waals surface area contributed by atoms with E-state index in [0.29, 0.717) is 5.69 Å². The zero-order valence-corrected chi connectivity index (χ0v) is 14.7. The number of nitrogens with one attached hydrogen (secondary N) is 2. The van der Waals surface area contributed by atoms with Crippen LogP contribution in [0.5, 0.6) is 0 Å². The summed E-state index contributed by atoms with van der Waals surface area (Å²) < 4.78 is 13.0.